The summed E-state index contributed by atoms with van der Waals surface area (Å²) < 4.78 is 19.4. The van der Waals surface area contributed by atoms with Crippen LogP contribution in [0.5, 0.6) is 11.5 Å². The Labute approximate surface area is 170 Å². The number of amides is 1. The van der Waals surface area contributed by atoms with E-state index in [9.17, 15) is 9.18 Å². The highest BCUT2D eigenvalue weighted by Gasteiger charge is 2.28. The summed E-state index contributed by atoms with van der Waals surface area (Å²) >= 11 is 0. The van der Waals surface area contributed by atoms with Gasteiger partial charge in [-0.15, -0.1) is 0 Å². The van der Waals surface area contributed by atoms with Gasteiger partial charge in [-0.2, -0.15) is 0 Å². The molecule has 0 radical (unpaired) electrons. The van der Waals surface area contributed by atoms with E-state index in [1.807, 2.05) is 36.4 Å². The van der Waals surface area contributed by atoms with E-state index in [0.29, 0.717) is 13.1 Å². The van der Waals surface area contributed by atoms with Gasteiger partial charge in [-0.25, -0.2) is 4.39 Å². The predicted molar refractivity (Wildman–Crippen MR) is 111 cm³/mol. The van der Waals surface area contributed by atoms with Crippen molar-refractivity contribution in [2.75, 3.05) is 26.2 Å². The van der Waals surface area contributed by atoms with Crippen molar-refractivity contribution in [1.29, 1.82) is 0 Å². The maximum atomic E-state index is 13.2. The molecule has 2 aromatic carbocycles. The van der Waals surface area contributed by atoms with Crippen LogP contribution in [0, 0.1) is 0 Å². The Balaban J connectivity index is 1.58. The third kappa shape index (κ3) is 4.49. The quantitative estimate of drug-likeness (QED) is 0.755. The fourth-order valence-electron chi connectivity index (χ4n) is 4.08. The zero-order valence-corrected chi connectivity index (χ0v) is 16.4. The number of piperidine rings is 1. The average molecular weight is 395 g/mol. The van der Waals surface area contributed by atoms with Crippen molar-refractivity contribution in [3.8, 4) is 11.5 Å². The molecule has 1 amide bonds. The smallest absolute Gasteiger partial charge is 0.281 e. The molecule has 4 rings (SSSR count). The standard InChI is InChI=1S/C23H26FN3O2/c1-16(24)23(28)27-13-9-17(10-14-27)20-15-18(22-25-11-12-26-22)7-8-21(20)29-19-5-3-2-4-6-19/h2-8,15,17,22,25-26H,1,9-14H2. The molecule has 29 heavy (non-hydrogen) atoms. The first-order chi connectivity index (χ1) is 14.1. The molecule has 6 heteroatoms. The first-order valence-electron chi connectivity index (χ1n) is 10.1. The summed E-state index contributed by atoms with van der Waals surface area (Å²) in [5.41, 5.74) is 2.31. The highest BCUT2D eigenvalue weighted by atomic mass is 19.1. The maximum absolute atomic E-state index is 13.2. The Morgan fingerprint density at radius 3 is 2.41 bits per heavy atom. The number of hydrogen-bond donors (Lipinski definition) is 2. The summed E-state index contributed by atoms with van der Waals surface area (Å²) in [6, 6.07) is 16.0. The summed E-state index contributed by atoms with van der Waals surface area (Å²) in [6.45, 7) is 6.04. The van der Waals surface area contributed by atoms with Crippen molar-refractivity contribution in [2.24, 2.45) is 0 Å². The molecule has 2 aromatic rings. The van der Waals surface area contributed by atoms with Crippen LogP contribution in [-0.2, 0) is 4.79 Å². The fourth-order valence-corrected chi connectivity index (χ4v) is 4.08. The van der Waals surface area contributed by atoms with Crippen LogP contribution in [0.25, 0.3) is 0 Å². The third-order valence-corrected chi connectivity index (χ3v) is 5.61. The van der Waals surface area contributed by atoms with Gasteiger partial charge in [0.2, 0.25) is 0 Å². The van der Waals surface area contributed by atoms with Crippen LogP contribution in [0.2, 0.25) is 0 Å². The minimum atomic E-state index is -0.892. The van der Waals surface area contributed by atoms with E-state index in [1.54, 1.807) is 4.90 Å². The number of rotatable bonds is 5. The van der Waals surface area contributed by atoms with E-state index in [0.717, 1.165) is 43.0 Å². The van der Waals surface area contributed by atoms with Gasteiger partial charge in [-0.3, -0.25) is 15.4 Å². The summed E-state index contributed by atoms with van der Waals surface area (Å²) in [7, 11) is 0. The van der Waals surface area contributed by atoms with E-state index in [4.69, 9.17) is 4.74 Å². The Hall–Kier alpha value is -2.70. The second-order valence-corrected chi connectivity index (χ2v) is 7.53. The van der Waals surface area contributed by atoms with Gasteiger partial charge in [0.25, 0.3) is 5.91 Å². The van der Waals surface area contributed by atoms with Crippen LogP contribution in [0.3, 0.4) is 0 Å². The van der Waals surface area contributed by atoms with Crippen LogP contribution in [-0.4, -0.2) is 37.0 Å². The van der Waals surface area contributed by atoms with Crippen LogP contribution >= 0.6 is 0 Å². The molecule has 0 aromatic heterocycles. The Bertz CT molecular complexity index is 873. The zero-order chi connectivity index (χ0) is 20.2. The molecule has 0 spiro atoms. The van der Waals surface area contributed by atoms with Crippen LogP contribution in [0.1, 0.15) is 36.1 Å². The molecule has 0 aliphatic carbocycles. The summed E-state index contributed by atoms with van der Waals surface area (Å²) in [6.07, 6.45) is 1.66. The average Bonchev–Trinajstić information content (AvgIpc) is 3.29. The minimum absolute atomic E-state index is 0.135. The number of carbonyl (C=O) groups is 1. The van der Waals surface area contributed by atoms with Gasteiger partial charge < -0.3 is 9.64 Å². The molecule has 2 fully saturated rings. The van der Waals surface area contributed by atoms with E-state index in [2.05, 4.69) is 29.3 Å². The molecular formula is C23H26FN3O2. The van der Waals surface area contributed by atoms with Crippen LogP contribution in [0.15, 0.2) is 60.9 Å². The van der Waals surface area contributed by atoms with E-state index < -0.39 is 11.7 Å². The minimum Gasteiger partial charge on any atom is -0.457 e. The normalized spacial score (nSPS) is 18.0. The van der Waals surface area contributed by atoms with Gasteiger partial charge in [0.15, 0.2) is 5.83 Å². The Morgan fingerprint density at radius 2 is 1.76 bits per heavy atom. The number of likely N-dealkylation sites (tertiary alicyclic amines) is 1. The Morgan fingerprint density at radius 1 is 1.07 bits per heavy atom. The molecule has 2 saturated heterocycles. The van der Waals surface area contributed by atoms with Gasteiger partial charge in [0, 0.05) is 26.2 Å². The van der Waals surface area contributed by atoms with Crippen molar-refractivity contribution < 1.29 is 13.9 Å². The number of nitrogens with zero attached hydrogens (tertiary/aromatic N) is 1. The number of para-hydroxylation sites is 1. The molecular weight excluding hydrogens is 369 g/mol. The van der Waals surface area contributed by atoms with Crippen LogP contribution in [0.4, 0.5) is 4.39 Å². The second-order valence-electron chi connectivity index (χ2n) is 7.53. The highest BCUT2D eigenvalue weighted by molar-refractivity contribution is 5.90. The van der Waals surface area contributed by atoms with Crippen molar-refractivity contribution in [3.05, 3.63) is 72.1 Å². The Kier molecular flexibility index (Phi) is 5.92. The van der Waals surface area contributed by atoms with E-state index in [1.165, 1.54) is 5.56 Å². The SMILES string of the molecule is C=C(F)C(=O)N1CCC(c2cc(C3NCCN3)ccc2Oc2ccccc2)CC1. The number of hydrogen-bond acceptors (Lipinski definition) is 4. The lowest BCUT2D eigenvalue weighted by molar-refractivity contribution is -0.129. The van der Waals surface area contributed by atoms with Crippen molar-refractivity contribution in [2.45, 2.75) is 24.9 Å². The second kappa shape index (κ2) is 8.76. The number of nitrogens with one attached hydrogen (secondary N) is 2. The molecule has 2 aliphatic heterocycles. The van der Waals surface area contributed by atoms with Crippen LogP contribution < -0.4 is 15.4 Å². The molecule has 2 N–H and O–H groups in total. The molecule has 0 bridgehead atoms. The molecule has 0 atom stereocenters. The predicted octanol–water partition coefficient (Wildman–Crippen LogP) is 3.86. The summed E-state index contributed by atoms with van der Waals surface area (Å²) in [5.74, 6) is 0.374. The van der Waals surface area contributed by atoms with Crippen molar-refractivity contribution in [1.82, 2.24) is 15.5 Å². The first-order valence-corrected chi connectivity index (χ1v) is 10.1. The summed E-state index contributed by atoms with van der Waals surface area (Å²) in [5, 5.41) is 6.90. The lowest BCUT2D eigenvalue weighted by Gasteiger charge is -2.32. The van der Waals surface area contributed by atoms with Crippen molar-refractivity contribution >= 4 is 5.91 Å². The van der Waals surface area contributed by atoms with Gasteiger partial charge in [0.05, 0.1) is 6.17 Å². The van der Waals surface area contributed by atoms with Crippen molar-refractivity contribution in [3.63, 3.8) is 0 Å². The van der Waals surface area contributed by atoms with Gasteiger partial charge >= 0.3 is 0 Å². The third-order valence-electron chi connectivity index (χ3n) is 5.61. The lowest BCUT2D eigenvalue weighted by atomic mass is 9.87. The van der Waals surface area contributed by atoms with Gasteiger partial charge in [-0.1, -0.05) is 30.8 Å². The fraction of sp³-hybridized carbons (Fsp3) is 0.348. The first kappa shape index (κ1) is 19.6. The van der Waals surface area contributed by atoms with Gasteiger partial charge in [-0.05, 0) is 54.2 Å². The lowest BCUT2D eigenvalue weighted by Crippen LogP contribution is -2.38. The monoisotopic (exact) mass is 395 g/mol. The number of halogens is 1. The maximum Gasteiger partial charge on any atom is 0.281 e. The number of carbonyl (C=O) groups excluding carboxylic acids is 1. The molecule has 2 heterocycles. The molecule has 152 valence electrons. The molecule has 0 unspecified atom stereocenters. The highest BCUT2D eigenvalue weighted by Crippen LogP contribution is 2.38. The van der Waals surface area contributed by atoms with Gasteiger partial charge in [0.1, 0.15) is 11.5 Å². The number of ether oxygens (including phenoxy) is 1. The number of benzene rings is 2. The van der Waals surface area contributed by atoms with E-state index in [-0.39, 0.29) is 12.1 Å². The molecule has 5 nitrogen and oxygen atoms in total. The summed E-state index contributed by atoms with van der Waals surface area (Å²) in [4.78, 5) is 13.4. The topological polar surface area (TPSA) is 53.6 Å². The molecule has 2 aliphatic rings. The largest absolute Gasteiger partial charge is 0.457 e. The molecule has 0 saturated carbocycles. The van der Waals surface area contributed by atoms with E-state index >= 15 is 0 Å². The zero-order valence-electron chi connectivity index (χ0n) is 16.4.